The number of carboxylic acids is 1. The molecular weight excluding hydrogens is 236 g/mol. The van der Waals surface area contributed by atoms with Crippen LogP contribution >= 0.6 is 0 Å². The molecule has 0 radical (unpaired) electrons. The minimum atomic E-state index is -0.805. The molecule has 2 nitrogen and oxygen atoms in total. The fourth-order valence-electron chi connectivity index (χ4n) is 1.94. The highest BCUT2D eigenvalue weighted by Gasteiger charge is 2.15. The van der Waals surface area contributed by atoms with Gasteiger partial charge in [0.05, 0.1) is 5.92 Å². The number of carboxylic acid groups (broad SMARTS) is 1. The summed E-state index contributed by atoms with van der Waals surface area (Å²) in [4.78, 5) is 11.1. The summed E-state index contributed by atoms with van der Waals surface area (Å²) in [5.74, 6) is -1.31. The van der Waals surface area contributed by atoms with Crippen LogP contribution < -0.4 is 0 Å². The standard InChI is InChI=1S/C17H16O2/c1-13(17(18)19)16-10-6-5-9-15(16)12-11-14-7-3-2-4-8-14/h2-13H,1H3,(H,18,19). The lowest BCUT2D eigenvalue weighted by Crippen LogP contribution is -2.08. The average molecular weight is 252 g/mol. The molecule has 2 rings (SSSR count). The van der Waals surface area contributed by atoms with Crippen molar-refractivity contribution in [1.82, 2.24) is 0 Å². The number of rotatable bonds is 4. The monoisotopic (exact) mass is 252 g/mol. The zero-order valence-corrected chi connectivity index (χ0v) is 10.8. The first kappa shape index (κ1) is 13.1. The third-order valence-electron chi connectivity index (χ3n) is 3.09. The molecule has 0 heterocycles. The molecule has 0 aromatic heterocycles. The van der Waals surface area contributed by atoms with Crippen molar-refractivity contribution < 1.29 is 9.90 Å². The quantitative estimate of drug-likeness (QED) is 0.834. The van der Waals surface area contributed by atoms with E-state index < -0.39 is 11.9 Å². The van der Waals surface area contributed by atoms with Crippen LogP contribution in [-0.2, 0) is 4.79 Å². The van der Waals surface area contributed by atoms with Crippen molar-refractivity contribution in [2.24, 2.45) is 0 Å². The van der Waals surface area contributed by atoms with Crippen LogP contribution in [-0.4, -0.2) is 11.1 Å². The van der Waals surface area contributed by atoms with Crippen LogP contribution in [0.1, 0.15) is 29.5 Å². The van der Waals surface area contributed by atoms with Gasteiger partial charge in [-0.2, -0.15) is 0 Å². The van der Waals surface area contributed by atoms with Crippen LogP contribution in [0.15, 0.2) is 54.6 Å². The van der Waals surface area contributed by atoms with Crippen LogP contribution in [0.3, 0.4) is 0 Å². The number of benzene rings is 2. The van der Waals surface area contributed by atoms with Gasteiger partial charge in [0.15, 0.2) is 0 Å². The van der Waals surface area contributed by atoms with Gasteiger partial charge in [-0.05, 0) is 23.6 Å². The summed E-state index contributed by atoms with van der Waals surface area (Å²) in [6.07, 6.45) is 3.96. The van der Waals surface area contributed by atoms with E-state index in [-0.39, 0.29) is 0 Å². The van der Waals surface area contributed by atoms with Crippen molar-refractivity contribution in [2.45, 2.75) is 12.8 Å². The van der Waals surface area contributed by atoms with Crippen LogP contribution in [0.5, 0.6) is 0 Å². The molecule has 19 heavy (non-hydrogen) atoms. The Kier molecular flexibility index (Phi) is 4.14. The molecule has 0 aliphatic carbocycles. The van der Waals surface area contributed by atoms with E-state index in [0.29, 0.717) is 0 Å². The van der Waals surface area contributed by atoms with Gasteiger partial charge in [0.1, 0.15) is 0 Å². The van der Waals surface area contributed by atoms with Gasteiger partial charge in [-0.25, -0.2) is 0 Å². The number of carbonyl (C=O) groups is 1. The van der Waals surface area contributed by atoms with E-state index in [1.165, 1.54) is 0 Å². The maximum absolute atomic E-state index is 11.1. The van der Waals surface area contributed by atoms with Gasteiger partial charge in [0.2, 0.25) is 0 Å². The largest absolute Gasteiger partial charge is 0.481 e. The maximum Gasteiger partial charge on any atom is 0.310 e. The summed E-state index contributed by atoms with van der Waals surface area (Å²) in [6.45, 7) is 1.71. The van der Waals surface area contributed by atoms with Gasteiger partial charge in [0, 0.05) is 0 Å². The highest BCUT2D eigenvalue weighted by Crippen LogP contribution is 2.22. The van der Waals surface area contributed by atoms with Crippen LogP contribution in [0.4, 0.5) is 0 Å². The molecule has 0 fully saturated rings. The van der Waals surface area contributed by atoms with Crippen LogP contribution in [0, 0.1) is 0 Å². The average Bonchev–Trinajstić information content (AvgIpc) is 2.45. The predicted octanol–water partition coefficient (Wildman–Crippen LogP) is 4.05. The highest BCUT2D eigenvalue weighted by atomic mass is 16.4. The van der Waals surface area contributed by atoms with E-state index >= 15 is 0 Å². The number of hydrogen-bond donors (Lipinski definition) is 1. The molecule has 0 spiro atoms. The minimum Gasteiger partial charge on any atom is -0.481 e. The maximum atomic E-state index is 11.1. The fraction of sp³-hybridized carbons (Fsp3) is 0.118. The first-order valence-electron chi connectivity index (χ1n) is 6.23. The first-order valence-corrected chi connectivity index (χ1v) is 6.23. The van der Waals surface area contributed by atoms with Crippen molar-refractivity contribution in [2.75, 3.05) is 0 Å². The summed E-state index contributed by atoms with van der Waals surface area (Å²) >= 11 is 0. The molecule has 1 atom stereocenters. The molecular formula is C17H16O2. The Morgan fingerprint density at radius 1 is 1.00 bits per heavy atom. The molecule has 0 amide bonds. The van der Waals surface area contributed by atoms with Gasteiger partial charge in [-0.3, -0.25) is 4.79 Å². The lowest BCUT2D eigenvalue weighted by atomic mass is 9.95. The van der Waals surface area contributed by atoms with Gasteiger partial charge >= 0.3 is 5.97 Å². The van der Waals surface area contributed by atoms with Crippen molar-refractivity contribution in [1.29, 1.82) is 0 Å². The smallest absolute Gasteiger partial charge is 0.310 e. The third kappa shape index (κ3) is 3.32. The normalized spacial score (nSPS) is 12.5. The number of hydrogen-bond acceptors (Lipinski definition) is 1. The Morgan fingerprint density at radius 2 is 1.63 bits per heavy atom. The van der Waals surface area contributed by atoms with Gasteiger partial charge in [-0.15, -0.1) is 0 Å². The molecule has 0 saturated carbocycles. The van der Waals surface area contributed by atoms with Gasteiger partial charge in [-0.1, -0.05) is 66.7 Å². The number of aliphatic carboxylic acids is 1. The Balaban J connectivity index is 2.31. The van der Waals surface area contributed by atoms with E-state index in [1.54, 1.807) is 6.92 Å². The summed E-state index contributed by atoms with van der Waals surface area (Å²) in [5.41, 5.74) is 2.88. The van der Waals surface area contributed by atoms with E-state index in [0.717, 1.165) is 16.7 Å². The topological polar surface area (TPSA) is 37.3 Å². The van der Waals surface area contributed by atoms with E-state index in [2.05, 4.69) is 0 Å². The zero-order chi connectivity index (χ0) is 13.7. The lowest BCUT2D eigenvalue weighted by molar-refractivity contribution is -0.138. The van der Waals surface area contributed by atoms with Crippen molar-refractivity contribution in [3.63, 3.8) is 0 Å². The minimum absolute atomic E-state index is 0.503. The Bertz CT molecular complexity index is 585. The molecule has 0 aliphatic heterocycles. The molecule has 2 aromatic rings. The molecule has 0 aliphatic rings. The molecule has 96 valence electrons. The second-order valence-electron chi connectivity index (χ2n) is 4.43. The van der Waals surface area contributed by atoms with E-state index in [4.69, 9.17) is 5.11 Å². The van der Waals surface area contributed by atoms with Crippen LogP contribution in [0.25, 0.3) is 12.2 Å². The summed E-state index contributed by atoms with van der Waals surface area (Å²) in [5, 5.41) is 9.12. The van der Waals surface area contributed by atoms with Crippen molar-refractivity contribution in [3.05, 3.63) is 71.3 Å². The van der Waals surface area contributed by atoms with Gasteiger partial charge < -0.3 is 5.11 Å². The Morgan fingerprint density at radius 3 is 2.32 bits per heavy atom. The highest BCUT2D eigenvalue weighted by molar-refractivity contribution is 5.79. The third-order valence-corrected chi connectivity index (χ3v) is 3.09. The zero-order valence-electron chi connectivity index (χ0n) is 10.8. The molecule has 2 heteroatoms. The summed E-state index contributed by atoms with van der Waals surface area (Å²) in [7, 11) is 0. The van der Waals surface area contributed by atoms with Gasteiger partial charge in [0.25, 0.3) is 0 Å². The first-order chi connectivity index (χ1) is 9.18. The summed E-state index contributed by atoms with van der Waals surface area (Å²) in [6, 6.07) is 17.5. The summed E-state index contributed by atoms with van der Waals surface area (Å²) < 4.78 is 0. The molecule has 1 unspecified atom stereocenters. The second kappa shape index (κ2) is 6.01. The SMILES string of the molecule is CC(C(=O)O)c1ccccc1C=Cc1ccccc1. The molecule has 0 saturated heterocycles. The van der Waals surface area contributed by atoms with E-state index in [9.17, 15) is 4.79 Å². The fourth-order valence-corrected chi connectivity index (χ4v) is 1.94. The second-order valence-corrected chi connectivity index (χ2v) is 4.43. The van der Waals surface area contributed by atoms with E-state index in [1.807, 2.05) is 66.7 Å². The van der Waals surface area contributed by atoms with Crippen molar-refractivity contribution >= 4 is 18.1 Å². The predicted molar refractivity (Wildman–Crippen MR) is 77.9 cm³/mol. The molecule has 2 aromatic carbocycles. The lowest BCUT2D eigenvalue weighted by Gasteiger charge is -2.10. The van der Waals surface area contributed by atoms with Crippen LogP contribution in [0.2, 0.25) is 0 Å². The van der Waals surface area contributed by atoms with Crippen molar-refractivity contribution in [3.8, 4) is 0 Å². The Hall–Kier alpha value is -2.35. The molecule has 0 bridgehead atoms. The Labute approximate surface area is 113 Å². The molecule has 1 N–H and O–H groups in total.